The number of rotatable bonds is 4. The third-order valence-corrected chi connectivity index (χ3v) is 5.15. The number of carbonyl (C=O) groups excluding carboxylic acids is 1. The van der Waals surface area contributed by atoms with E-state index >= 15 is 0 Å². The van der Waals surface area contributed by atoms with Gasteiger partial charge in [0.1, 0.15) is 0 Å². The van der Waals surface area contributed by atoms with Crippen molar-refractivity contribution in [2.45, 2.75) is 0 Å². The molecule has 9 heteroatoms. The first-order valence-electron chi connectivity index (χ1n) is 9.38. The zero-order chi connectivity index (χ0) is 20.9. The minimum Gasteiger partial charge on any atom is -0.378 e. The lowest BCUT2D eigenvalue weighted by molar-refractivity contribution is 0.122. The number of ether oxygens (including phenoxy) is 1. The summed E-state index contributed by atoms with van der Waals surface area (Å²) in [5.41, 5.74) is 2.78. The minimum absolute atomic E-state index is 0.368. The number of amides is 2. The van der Waals surface area contributed by atoms with E-state index < -0.39 is 6.03 Å². The average molecular weight is 444 g/mol. The molecule has 2 heterocycles. The molecule has 1 aliphatic heterocycles. The van der Waals surface area contributed by atoms with Crippen LogP contribution in [-0.4, -0.2) is 42.5 Å². The fourth-order valence-corrected chi connectivity index (χ4v) is 3.50. The average Bonchev–Trinajstić information content (AvgIpc) is 2.77. The first-order valence-corrected chi connectivity index (χ1v) is 10.1. The van der Waals surface area contributed by atoms with E-state index in [1.54, 1.807) is 30.3 Å². The molecular weight excluding hydrogens is 425 g/mol. The fraction of sp³-hybridized carbons (Fsp3) is 0.190. The lowest BCUT2D eigenvalue weighted by Crippen LogP contribution is -2.36. The van der Waals surface area contributed by atoms with Crippen molar-refractivity contribution in [1.82, 2.24) is 10.2 Å². The standard InChI is InChI=1S/C21H19Cl2N5O2/c22-15-3-6-19(17(23)13-15)25-21(29)24-16-4-1-14(2-5-16)18-7-8-20(27-26-18)28-9-11-30-12-10-28/h1-8,13H,9-12H2,(H2,24,25,29). The molecule has 1 fully saturated rings. The van der Waals surface area contributed by atoms with Crippen LogP contribution in [0.5, 0.6) is 0 Å². The topological polar surface area (TPSA) is 79.4 Å². The lowest BCUT2D eigenvalue weighted by atomic mass is 10.1. The number of carbonyl (C=O) groups is 1. The Labute approximate surface area is 184 Å². The summed E-state index contributed by atoms with van der Waals surface area (Å²) in [4.78, 5) is 14.4. The first kappa shape index (κ1) is 20.4. The van der Waals surface area contributed by atoms with Crippen LogP contribution >= 0.6 is 23.2 Å². The van der Waals surface area contributed by atoms with Gasteiger partial charge in [-0.25, -0.2) is 4.79 Å². The Kier molecular flexibility index (Phi) is 6.32. The van der Waals surface area contributed by atoms with Gasteiger partial charge in [0.25, 0.3) is 0 Å². The Bertz CT molecular complexity index is 1020. The van der Waals surface area contributed by atoms with E-state index in [1.807, 2.05) is 24.3 Å². The molecule has 0 atom stereocenters. The summed E-state index contributed by atoms with van der Waals surface area (Å²) in [7, 11) is 0. The lowest BCUT2D eigenvalue weighted by Gasteiger charge is -2.27. The summed E-state index contributed by atoms with van der Waals surface area (Å²) >= 11 is 11.9. The maximum Gasteiger partial charge on any atom is 0.323 e. The summed E-state index contributed by atoms with van der Waals surface area (Å²) in [5, 5.41) is 15.0. The minimum atomic E-state index is -0.401. The van der Waals surface area contributed by atoms with Crippen molar-refractivity contribution in [2.24, 2.45) is 0 Å². The van der Waals surface area contributed by atoms with E-state index in [-0.39, 0.29) is 0 Å². The molecule has 4 rings (SSSR count). The van der Waals surface area contributed by atoms with Crippen molar-refractivity contribution in [1.29, 1.82) is 0 Å². The number of aromatic nitrogens is 2. The predicted molar refractivity (Wildman–Crippen MR) is 120 cm³/mol. The van der Waals surface area contributed by atoms with Crippen LogP contribution in [0.25, 0.3) is 11.3 Å². The third-order valence-electron chi connectivity index (χ3n) is 4.60. The van der Waals surface area contributed by atoms with E-state index in [0.717, 1.165) is 30.2 Å². The summed E-state index contributed by atoms with van der Waals surface area (Å²) in [6.07, 6.45) is 0. The molecule has 0 radical (unpaired) electrons. The summed E-state index contributed by atoms with van der Waals surface area (Å²) in [6, 6.07) is 15.7. The summed E-state index contributed by atoms with van der Waals surface area (Å²) in [6.45, 7) is 3.04. The van der Waals surface area contributed by atoms with Gasteiger partial charge in [0, 0.05) is 29.4 Å². The number of nitrogens with one attached hydrogen (secondary N) is 2. The molecule has 0 saturated carbocycles. The molecule has 2 N–H and O–H groups in total. The second-order valence-electron chi connectivity index (χ2n) is 6.66. The Balaban J connectivity index is 1.38. The number of morpholine rings is 1. The zero-order valence-corrected chi connectivity index (χ0v) is 17.5. The molecule has 0 spiro atoms. The van der Waals surface area contributed by atoms with Crippen LogP contribution in [0, 0.1) is 0 Å². The van der Waals surface area contributed by atoms with Crippen LogP contribution in [0.4, 0.5) is 22.0 Å². The van der Waals surface area contributed by atoms with Crippen LogP contribution in [0.2, 0.25) is 10.0 Å². The molecular formula is C21H19Cl2N5O2. The van der Waals surface area contributed by atoms with E-state index in [4.69, 9.17) is 27.9 Å². The second kappa shape index (κ2) is 9.30. The summed E-state index contributed by atoms with van der Waals surface area (Å²) < 4.78 is 5.36. The summed E-state index contributed by atoms with van der Waals surface area (Å²) in [5.74, 6) is 0.845. The molecule has 30 heavy (non-hydrogen) atoms. The van der Waals surface area contributed by atoms with E-state index in [9.17, 15) is 4.79 Å². The van der Waals surface area contributed by atoms with Crippen molar-refractivity contribution in [2.75, 3.05) is 41.8 Å². The van der Waals surface area contributed by atoms with Crippen molar-refractivity contribution in [3.8, 4) is 11.3 Å². The molecule has 0 bridgehead atoms. The van der Waals surface area contributed by atoms with Gasteiger partial charge in [-0.15, -0.1) is 10.2 Å². The molecule has 2 aromatic carbocycles. The maximum atomic E-state index is 12.2. The predicted octanol–water partition coefficient (Wildman–Crippen LogP) is 4.93. The fourth-order valence-electron chi connectivity index (χ4n) is 3.04. The number of hydrogen-bond acceptors (Lipinski definition) is 5. The van der Waals surface area contributed by atoms with Crippen LogP contribution in [0.15, 0.2) is 54.6 Å². The Hall–Kier alpha value is -2.87. The smallest absolute Gasteiger partial charge is 0.323 e. The van der Waals surface area contributed by atoms with Crippen molar-refractivity contribution in [3.63, 3.8) is 0 Å². The molecule has 0 aliphatic carbocycles. The molecule has 1 aromatic heterocycles. The number of urea groups is 1. The highest BCUT2D eigenvalue weighted by atomic mass is 35.5. The van der Waals surface area contributed by atoms with Gasteiger partial charge < -0.3 is 20.3 Å². The SMILES string of the molecule is O=C(Nc1ccc(-c2ccc(N3CCOCC3)nn2)cc1)Nc1ccc(Cl)cc1Cl. The van der Waals surface area contributed by atoms with E-state index in [1.165, 1.54) is 0 Å². The Morgan fingerprint density at radius 3 is 2.37 bits per heavy atom. The molecule has 7 nitrogen and oxygen atoms in total. The molecule has 0 unspecified atom stereocenters. The molecule has 1 saturated heterocycles. The largest absolute Gasteiger partial charge is 0.378 e. The number of anilines is 3. The Morgan fingerprint density at radius 1 is 0.933 bits per heavy atom. The quantitative estimate of drug-likeness (QED) is 0.597. The van der Waals surface area contributed by atoms with Crippen LogP contribution in [-0.2, 0) is 4.74 Å². The highest BCUT2D eigenvalue weighted by Gasteiger charge is 2.13. The second-order valence-corrected chi connectivity index (χ2v) is 7.50. The van der Waals surface area contributed by atoms with E-state index in [0.29, 0.717) is 34.6 Å². The highest BCUT2D eigenvalue weighted by Crippen LogP contribution is 2.26. The van der Waals surface area contributed by atoms with Gasteiger partial charge in [-0.2, -0.15) is 0 Å². The van der Waals surface area contributed by atoms with Gasteiger partial charge in [-0.1, -0.05) is 35.3 Å². The van der Waals surface area contributed by atoms with Gasteiger partial charge in [0.15, 0.2) is 5.82 Å². The van der Waals surface area contributed by atoms with Crippen LogP contribution in [0.3, 0.4) is 0 Å². The van der Waals surface area contributed by atoms with Crippen LogP contribution < -0.4 is 15.5 Å². The number of hydrogen-bond donors (Lipinski definition) is 2. The normalized spacial score (nSPS) is 13.7. The van der Waals surface area contributed by atoms with Crippen LogP contribution in [0.1, 0.15) is 0 Å². The zero-order valence-electron chi connectivity index (χ0n) is 15.9. The number of halogens is 2. The maximum absolute atomic E-state index is 12.2. The van der Waals surface area contributed by atoms with Gasteiger partial charge >= 0.3 is 6.03 Å². The van der Waals surface area contributed by atoms with Gasteiger partial charge in [0.2, 0.25) is 0 Å². The Morgan fingerprint density at radius 2 is 1.70 bits per heavy atom. The van der Waals surface area contributed by atoms with Crippen molar-refractivity contribution < 1.29 is 9.53 Å². The number of benzene rings is 2. The number of nitrogens with zero attached hydrogens (tertiary/aromatic N) is 3. The third kappa shape index (κ3) is 4.99. The van der Waals surface area contributed by atoms with Crippen molar-refractivity contribution >= 4 is 46.4 Å². The van der Waals surface area contributed by atoms with Crippen molar-refractivity contribution in [3.05, 3.63) is 64.6 Å². The molecule has 154 valence electrons. The molecule has 3 aromatic rings. The molecule has 2 amide bonds. The molecule has 1 aliphatic rings. The van der Waals surface area contributed by atoms with Gasteiger partial charge in [-0.3, -0.25) is 0 Å². The first-order chi connectivity index (χ1) is 14.6. The highest BCUT2D eigenvalue weighted by molar-refractivity contribution is 6.36. The van der Waals surface area contributed by atoms with Gasteiger partial charge in [0.05, 0.1) is 29.6 Å². The van der Waals surface area contributed by atoms with Gasteiger partial charge in [-0.05, 0) is 42.5 Å². The van der Waals surface area contributed by atoms with E-state index in [2.05, 4.69) is 25.7 Å². The monoisotopic (exact) mass is 443 g/mol.